The lowest BCUT2D eigenvalue weighted by Crippen LogP contribution is -2.32. The fourth-order valence-corrected chi connectivity index (χ4v) is 2.97. The molecule has 1 aliphatic heterocycles. The van der Waals surface area contributed by atoms with Crippen LogP contribution < -0.4 is 10.2 Å². The monoisotopic (exact) mass is 410 g/mol. The third-order valence-corrected chi connectivity index (χ3v) is 4.28. The standard InChI is InChI=1S/C15H15BrN4O3S/c1-8-18-14(23-19-8)12-4-3-10(5-13(12)16)20-7-11(22-15(20)21)6-17-9(2)24/h3-5,11H,6-7H2,1-2H3,(H,17,24). The highest BCUT2D eigenvalue weighted by Gasteiger charge is 2.32. The number of hydrogen-bond acceptors (Lipinski definition) is 6. The minimum absolute atomic E-state index is 0.243. The number of rotatable bonds is 4. The van der Waals surface area contributed by atoms with Crippen LogP contribution in [0.4, 0.5) is 10.5 Å². The number of carbonyl (C=O) groups excluding carboxylic acids is 1. The van der Waals surface area contributed by atoms with Crippen molar-refractivity contribution in [1.82, 2.24) is 15.5 Å². The molecule has 3 rings (SSSR count). The van der Waals surface area contributed by atoms with Gasteiger partial charge in [-0.25, -0.2) is 4.79 Å². The van der Waals surface area contributed by atoms with E-state index in [2.05, 4.69) is 31.4 Å². The van der Waals surface area contributed by atoms with Crippen LogP contribution in [0.15, 0.2) is 27.2 Å². The molecule has 24 heavy (non-hydrogen) atoms. The average Bonchev–Trinajstić information content (AvgIpc) is 3.11. The summed E-state index contributed by atoms with van der Waals surface area (Å²) in [4.78, 5) is 18.5. The second-order valence-electron chi connectivity index (χ2n) is 5.36. The molecule has 0 bridgehead atoms. The summed E-state index contributed by atoms with van der Waals surface area (Å²) in [6.45, 7) is 4.50. The first-order chi connectivity index (χ1) is 11.4. The molecule has 1 aromatic carbocycles. The molecule has 1 unspecified atom stereocenters. The Labute approximate surface area is 152 Å². The molecule has 1 fully saturated rings. The largest absolute Gasteiger partial charge is 0.442 e. The molecule has 1 aromatic heterocycles. The summed E-state index contributed by atoms with van der Waals surface area (Å²) in [7, 11) is 0. The van der Waals surface area contributed by atoms with Crippen LogP contribution in [0.3, 0.4) is 0 Å². The van der Waals surface area contributed by atoms with Gasteiger partial charge in [0.2, 0.25) is 0 Å². The van der Waals surface area contributed by atoms with E-state index >= 15 is 0 Å². The predicted molar refractivity (Wildman–Crippen MR) is 96.1 cm³/mol. The maximum absolute atomic E-state index is 12.1. The van der Waals surface area contributed by atoms with E-state index in [4.69, 9.17) is 21.5 Å². The van der Waals surface area contributed by atoms with Gasteiger partial charge in [0, 0.05) is 10.2 Å². The smallest absolute Gasteiger partial charge is 0.414 e. The number of benzene rings is 1. The minimum Gasteiger partial charge on any atom is -0.442 e. The van der Waals surface area contributed by atoms with Crippen LogP contribution in [0.25, 0.3) is 11.5 Å². The summed E-state index contributed by atoms with van der Waals surface area (Å²) in [5.74, 6) is 0.988. The number of halogens is 1. The van der Waals surface area contributed by atoms with Crippen LogP contribution in [0, 0.1) is 6.92 Å². The van der Waals surface area contributed by atoms with Crippen LogP contribution in [0.5, 0.6) is 0 Å². The van der Waals surface area contributed by atoms with Gasteiger partial charge in [0.25, 0.3) is 5.89 Å². The van der Waals surface area contributed by atoms with E-state index in [0.717, 1.165) is 15.7 Å². The number of nitrogens with one attached hydrogen (secondary N) is 1. The Morgan fingerprint density at radius 2 is 2.33 bits per heavy atom. The molecule has 7 nitrogen and oxygen atoms in total. The highest BCUT2D eigenvalue weighted by molar-refractivity contribution is 9.10. The Morgan fingerprint density at radius 1 is 1.54 bits per heavy atom. The summed E-state index contributed by atoms with van der Waals surface area (Å²) >= 11 is 8.46. The summed E-state index contributed by atoms with van der Waals surface area (Å²) in [5.41, 5.74) is 1.50. The van der Waals surface area contributed by atoms with E-state index in [0.29, 0.717) is 29.8 Å². The number of hydrogen-bond donors (Lipinski definition) is 1. The first-order valence-electron chi connectivity index (χ1n) is 7.27. The van der Waals surface area contributed by atoms with Crippen molar-refractivity contribution in [2.75, 3.05) is 18.0 Å². The third-order valence-electron chi connectivity index (χ3n) is 3.48. The number of thiocarbonyl (C=S) groups is 1. The van der Waals surface area contributed by atoms with E-state index in [-0.39, 0.29) is 12.2 Å². The summed E-state index contributed by atoms with van der Waals surface area (Å²) in [6, 6.07) is 5.48. The van der Waals surface area contributed by atoms with E-state index in [9.17, 15) is 4.79 Å². The van der Waals surface area contributed by atoms with Crippen molar-refractivity contribution < 1.29 is 14.1 Å². The maximum Gasteiger partial charge on any atom is 0.414 e. The van der Waals surface area contributed by atoms with Gasteiger partial charge in [-0.1, -0.05) is 17.4 Å². The molecule has 0 spiro atoms. The van der Waals surface area contributed by atoms with Crippen molar-refractivity contribution in [3.63, 3.8) is 0 Å². The Kier molecular flexibility index (Phi) is 4.81. The van der Waals surface area contributed by atoms with Crippen LogP contribution >= 0.6 is 28.1 Å². The zero-order chi connectivity index (χ0) is 17.3. The first-order valence-corrected chi connectivity index (χ1v) is 8.47. The SMILES string of the molecule is CC(=S)NCC1CN(c2ccc(-c3nc(C)no3)c(Br)c2)C(=O)O1. The van der Waals surface area contributed by atoms with Crippen molar-refractivity contribution in [1.29, 1.82) is 0 Å². The second kappa shape index (κ2) is 6.86. The van der Waals surface area contributed by atoms with E-state index in [1.807, 2.05) is 18.2 Å². The molecule has 126 valence electrons. The van der Waals surface area contributed by atoms with Crippen molar-refractivity contribution in [3.05, 3.63) is 28.5 Å². The van der Waals surface area contributed by atoms with Gasteiger partial charge in [-0.2, -0.15) is 4.98 Å². The zero-order valence-electron chi connectivity index (χ0n) is 13.1. The Hall–Kier alpha value is -2.00. The molecule has 1 amide bonds. The van der Waals surface area contributed by atoms with E-state index in [1.54, 1.807) is 18.7 Å². The predicted octanol–water partition coefficient (Wildman–Crippen LogP) is 3.07. The van der Waals surface area contributed by atoms with Gasteiger partial charge in [0.1, 0.15) is 6.10 Å². The lowest BCUT2D eigenvalue weighted by Gasteiger charge is -2.14. The molecule has 2 heterocycles. The average molecular weight is 411 g/mol. The Balaban J connectivity index is 1.77. The maximum atomic E-state index is 12.1. The van der Waals surface area contributed by atoms with Crippen LogP contribution in [0.1, 0.15) is 12.7 Å². The second-order valence-corrected chi connectivity index (χ2v) is 6.83. The molecule has 2 aromatic rings. The lowest BCUT2D eigenvalue weighted by molar-refractivity contribution is 0.143. The van der Waals surface area contributed by atoms with Gasteiger partial charge >= 0.3 is 6.09 Å². The number of aromatic nitrogens is 2. The number of anilines is 1. The number of carbonyl (C=O) groups is 1. The van der Waals surface area contributed by atoms with Crippen LogP contribution in [-0.4, -0.2) is 40.4 Å². The molecular weight excluding hydrogens is 396 g/mol. The fourth-order valence-electron chi connectivity index (χ4n) is 2.35. The van der Waals surface area contributed by atoms with Crippen molar-refractivity contribution in [2.45, 2.75) is 20.0 Å². The Bertz CT molecular complexity index is 795. The quantitative estimate of drug-likeness (QED) is 0.775. The summed E-state index contributed by atoms with van der Waals surface area (Å²) in [6.07, 6.45) is -0.621. The number of cyclic esters (lactones) is 1. The molecule has 9 heteroatoms. The molecule has 1 aliphatic rings. The van der Waals surface area contributed by atoms with Crippen LogP contribution in [-0.2, 0) is 4.74 Å². The van der Waals surface area contributed by atoms with Gasteiger partial charge in [-0.15, -0.1) is 0 Å². The third kappa shape index (κ3) is 3.57. The van der Waals surface area contributed by atoms with Gasteiger partial charge in [0.05, 0.1) is 23.6 Å². The number of ether oxygens (including phenoxy) is 1. The summed E-state index contributed by atoms with van der Waals surface area (Å²) in [5, 5.41) is 6.80. The van der Waals surface area contributed by atoms with Crippen LogP contribution in [0.2, 0.25) is 0 Å². The number of nitrogens with zero attached hydrogens (tertiary/aromatic N) is 3. The minimum atomic E-state index is -0.378. The lowest BCUT2D eigenvalue weighted by atomic mass is 10.2. The van der Waals surface area contributed by atoms with E-state index < -0.39 is 0 Å². The molecule has 1 saturated heterocycles. The molecule has 0 aliphatic carbocycles. The molecular formula is C15H15BrN4O3S. The molecule has 0 saturated carbocycles. The van der Waals surface area contributed by atoms with Crippen molar-refractivity contribution in [3.8, 4) is 11.5 Å². The normalized spacial score (nSPS) is 17.0. The number of aryl methyl sites for hydroxylation is 1. The van der Waals surface area contributed by atoms with Gasteiger partial charge < -0.3 is 14.6 Å². The molecule has 1 N–H and O–H groups in total. The number of amides is 1. The molecule has 1 atom stereocenters. The molecule has 0 radical (unpaired) electrons. The Morgan fingerprint density at radius 3 is 2.96 bits per heavy atom. The zero-order valence-corrected chi connectivity index (χ0v) is 15.5. The first kappa shape index (κ1) is 16.8. The van der Waals surface area contributed by atoms with Crippen molar-refractivity contribution >= 4 is 44.9 Å². The highest BCUT2D eigenvalue weighted by atomic mass is 79.9. The van der Waals surface area contributed by atoms with Gasteiger partial charge in [0.15, 0.2) is 5.82 Å². The van der Waals surface area contributed by atoms with Gasteiger partial charge in [-0.05, 0) is 48.0 Å². The topological polar surface area (TPSA) is 80.5 Å². The summed E-state index contributed by atoms with van der Waals surface area (Å²) < 4.78 is 11.3. The van der Waals surface area contributed by atoms with Gasteiger partial charge in [-0.3, -0.25) is 4.90 Å². The van der Waals surface area contributed by atoms with E-state index in [1.165, 1.54) is 0 Å². The highest BCUT2D eigenvalue weighted by Crippen LogP contribution is 2.32. The van der Waals surface area contributed by atoms with Crippen molar-refractivity contribution in [2.24, 2.45) is 0 Å². The fraction of sp³-hybridized carbons (Fsp3) is 0.333.